The van der Waals surface area contributed by atoms with Gasteiger partial charge in [-0.25, -0.2) is 9.59 Å². The molecule has 0 saturated heterocycles. The molecule has 0 bridgehead atoms. The van der Waals surface area contributed by atoms with Gasteiger partial charge >= 0.3 is 11.9 Å². The van der Waals surface area contributed by atoms with Gasteiger partial charge in [0.1, 0.15) is 5.60 Å². The fourth-order valence-corrected chi connectivity index (χ4v) is 3.22. The Balaban J connectivity index is 3.24. The molecule has 0 aromatic rings. The van der Waals surface area contributed by atoms with E-state index in [1.807, 2.05) is 13.8 Å². The van der Waals surface area contributed by atoms with Crippen LogP contribution >= 0.6 is 0 Å². The minimum Gasteiger partial charge on any atom is -0.466 e. The Morgan fingerprint density at radius 2 is 1.86 bits per heavy atom. The summed E-state index contributed by atoms with van der Waals surface area (Å²) in [7, 11) is 1.29. The molecule has 6 heteroatoms. The number of ether oxygens (including phenoxy) is 2. The van der Waals surface area contributed by atoms with Crippen LogP contribution in [0, 0.1) is 5.41 Å². The lowest BCUT2D eigenvalue weighted by Gasteiger charge is -2.45. The summed E-state index contributed by atoms with van der Waals surface area (Å²) in [5.41, 5.74) is -0.486. The number of hydrogen-bond acceptors (Lipinski definition) is 6. The van der Waals surface area contributed by atoms with Crippen LogP contribution in [0.15, 0.2) is 47.1 Å². The summed E-state index contributed by atoms with van der Waals surface area (Å²) in [4.78, 5) is 35.4. The maximum Gasteiger partial charge on any atom is 0.330 e. The van der Waals surface area contributed by atoms with Gasteiger partial charge in [0.25, 0.3) is 0 Å². The average Bonchev–Trinajstić information content (AvgIpc) is 2.61. The minimum atomic E-state index is -1.38. The third-order valence-corrected chi connectivity index (χ3v) is 4.99. The van der Waals surface area contributed by atoms with Gasteiger partial charge in [0.15, 0.2) is 5.78 Å². The maximum absolute atomic E-state index is 12.6. The highest BCUT2D eigenvalue weighted by molar-refractivity contribution is 5.99. The fraction of sp³-hybridized carbons (Fsp3) is 0.500. The van der Waals surface area contributed by atoms with Crippen molar-refractivity contribution in [1.82, 2.24) is 0 Å². The second kappa shape index (κ2) is 9.64. The largest absolute Gasteiger partial charge is 0.466 e. The van der Waals surface area contributed by atoms with Crippen molar-refractivity contribution in [3.8, 4) is 0 Å². The Kier molecular flexibility index (Phi) is 8.12. The summed E-state index contributed by atoms with van der Waals surface area (Å²) in [5.74, 6) is -1.01. The number of methoxy groups -OCH3 is 1. The Bertz CT molecular complexity index is 751. The van der Waals surface area contributed by atoms with Crippen LogP contribution in [0.2, 0.25) is 0 Å². The molecule has 0 heterocycles. The number of hydrogen-bond donors (Lipinski definition) is 1. The molecule has 0 aromatic carbocycles. The van der Waals surface area contributed by atoms with E-state index in [1.165, 1.54) is 19.3 Å². The van der Waals surface area contributed by atoms with Crippen molar-refractivity contribution in [2.75, 3.05) is 13.7 Å². The molecule has 1 N–H and O–H groups in total. The zero-order chi connectivity index (χ0) is 21.5. The average molecular weight is 390 g/mol. The SMILES string of the molecule is CCOC(=O)C=CCC1=C(C)[C@](O)(C=CC(C)=CC(=O)OC)C(C)(C)CC1=O. The van der Waals surface area contributed by atoms with E-state index in [1.54, 1.807) is 39.0 Å². The van der Waals surface area contributed by atoms with Gasteiger partial charge in [-0.05, 0) is 44.4 Å². The van der Waals surface area contributed by atoms with Crippen LogP contribution in [0.5, 0.6) is 0 Å². The van der Waals surface area contributed by atoms with Crippen molar-refractivity contribution in [2.24, 2.45) is 5.41 Å². The molecular formula is C22H30O6. The zero-order valence-corrected chi connectivity index (χ0v) is 17.5. The van der Waals surface area contributed by atoms with Crippen LogP contribution in [0.4, 0.5) is 0 Å². The van der Waals surface area contributed by atoms with Gasteiger partial charge in [-0.1, -0.05) is 26.0 Å². The molecule has 28 heavy (non-hydrogen) atoms. The summed E-state index contributed by atoms with van der Waals surface area (Å²) in [6.07, 6.45) is 7.82. The van der Waals surface area contributed by atoms with E-state index in [0.29, 0.717) is 16.7 Å². The summed E-state index contributed by atoms with van der Waals surface area (Å²) in [6.45, 7) is 9.08. The van der Waals surface area contributed by atoms with E-state index in [9.17, 15) is 19.5 Å². The van der Waals surface area contributed by atoms with Crippen LogP contribution in [-0.4, -0.2) is 42.1 Å². The lowest BCUT2D eigenvalue weighted by atomic mass is 9.62. The highest BCUT2D eigenvalue weighted by Gasteiger charge is 2.49. The van der Waals surface area contributed by atoms with Crippen LogP contribution in [-0.2, 0) is 23.9 Å². The Morgan fingerprint density at radius 1 is 1.21 bits per heavy atom. The van der Waals surface area contributed by atoms with E-state index >= 15 is 0 Å². The van der Waals surface area contributed by atoms with Crippen LogP contribution in [0.1, 0.15) is 47.5 Å². The zero-order valence-electron chi connectivity index (χ0n) is 17.5. The molecular weight excluding hydrogens is 360 g/mol. The number of allylic oxidation sites excluding steroid dienone is 4. The molecule has 0 aliphatic heterocycles. The normalized spacial score (nSPS) is 22.8. The molecule has 6 nitrogen and oxygen atoms in total. The lowest BCUT2D eigenvalue weighted by Crippen LogP contribution is -2.49. The lowest BCUT2D eigenvalue weighted by molar-refractivity contribution is -0.137. The highest BCUT2D eigenvalue weighted by atomic mass is 16.5. The summed E-state index contributed by atoms with van der Waals surface area (Å²) in [6, 6.07) is 0. The number of carbonyl (C=O) groups excluding carboxylic acids is 3. The number of aliphatic hydroxyl groups is 1. The molecule has 1 aliphatic carbocycles. The molecule has 0 unspecified atom stereocenters. The predicted molar refractivity (Wildman–Crippen MR) is 106 cm³/mol. The molecule has 0 radical (unpaired) electrons. The fourth-order valence-electron chi connectivity index (χ4n) is 3.22. The molecule has 1 aliphatic rings. The Morgan fingerprint density at radius 3 is 2.43 bits per heavy atom. The molecule has 0 saturated carbocycles. The summed E-state index contributed by atoms with van der Waals surface area (Å²) < 4.78 is 9.43. The van der Waals surface area contributed by atoms with Gasteiger partial charge in [-0.3, -0.25) is 4.79 Å². The van der Waals surface area contributed by atoms with Crippen molar-refractivity contribution in [3.63, 3.8) is 0 Å². The quantitative estimate of drug-likeness (QED) is 0.408. The van der Waals surface area contributed by atoms with Crippen molar-refractivity contribution in [2.45, 2.75) is 53.1 Å². The number of carbonyl (C=O) groups is 3. The van der Waals surface area contributed by atoms with Gasteiger partial charge in [0, 0.05) is 29.6 Å². The van der Waals surface area contributed by atoms with Crippen molar-refractivity contribution in [1.29, 1.82) is 0 Å². The molecule has 0 aromatic heterocycles. The Hall–Kier alpha value is -2.47. The number of ketones is 1. The molecule has 0 amide bonds. The van der Waals surface area contributed by atoms with Gasteiger partial charge in [-0.15, -0.1) is 0 Å². The molecule has 0 fully saturated rings. The van der Waals surface area contributed by atoms with Crippen LogP contribution in [0.3, 0.4) is 0 Å². The van der Waals surface area contributed by atoms with Crippen LogP contribution < -0.4 is 0 Å². The summed E-state index contributed by atoms with van der Waals surface area (Å²) in [5, 5.41) is 11.4. The smallest absolute Gasteiger partial charge is 0.330 e. The Labute approximate surface area is 166 Å². The topological polar surface area (TPSA) is 89.9 Å². The molecule has 1 rings (SSSR count). The van der Waals surface area contributed by atoms with E-state index < -0.39 is 23.0 Å². The first kappa shape index (κ1) is 23.6. The van der Waals surface area contributed by atoms with Crippen molar-refractivity contribution < 1.29 is 29.0 Å². The number of esters is 2. The van der Waals surface area contributed by atoms with E-state index in [4.69, 9.17) is 4.74 Å². The third-order valence-electron chi connectivity index (χ3n) is 4.99. The van der Waals surface area contributed by atoms with Gasteiger partial charge in [0.2, 0.25) is 0 Å². The van der Waals surface area contributed by atoms with Gasteiger partial charge < -0.3 is 14.6 Å². The maximum atomic E-state index is 12.6. The monoisotopic (exact) mass is 390 g/mol. The second-order valence-corrected chi connectivity index (χ2v) is 7.46. The third kappa shape index (κ3) is 5.52. The second-order valence-electron chi connectivity index (χ2n) is 7.46. The number of Topliss-reactive ketones (excluding diaryl/α,β-unsaturated/α-hetero) is 1. The minimum absolute atomic E-state index is 0.0593. The standard InChI is InChI=1S/C22H30O6/c1-7-28-19(24)10-8-9-17-16(3)22(26,21(4,5)14-18(17)23)12-11-15(2)13-20(25)27-6/h8,10-13,26H,7,9,14H2,1-6H3/t22-/m1/s1. The molecule has 0 spiro atoms. The van der Waals surface area contributed by atoms with Gasteiger partial charge in [-0.2, -0.15) is 0 Å². The van der Waals surface area contributed by atoms with E-state index in [2.05, 4.69) is 4.74 Å². The van der Waals surface area contributed by atoms with Gasteiger partial charge in [0.05, 0.1) is 13.7 Å². The molecule has 154 valence electrons. The number of rotatable bonds is 7. The first-order valence-electron chi connectivity index (χ1n) is 9.23. The molecule has 1 atom stereocenters. The van der Waals surface area contributed by atoms with Crippen molar-refractivity contribution in [3.05, 3.63) is 47.1 Å². The first-order valence-corrected chi connectivity index (χ1v) is 9.23. The summed E-state index contributed by atoms with van der Waals surface area (Å²) >= 11 is 0. The van der Waals surface area contributed by atoms with E-state index in [0.717, 1.165) is 0 Å². The van der Waals surface area contributed by atoms with Crippen molar-refractivity contribution >= 4 is 17.7 Å². The highest BCUT2D eigenvalue weighted by Crippen LogP contribution is 2.47. The predicted octanol–water partition coefficient (Wildman–Crippen LogP) is 3.22. The van der Waals surface area contributed by atoms with E-state index in [-0.39, 0.29) is 25.2 Å². The van der Waals surface area contributed by atoms with Crippen LogP contribution in [0.25, 0.3) is 0 Å². The first-order chi connectivity index (χ1) is 13.0.